The molecule has 0 fully saturated rings. The molecule has 1 rings (SSSR count). The van der Waals surface area contributed by atoms with Crippen LogP contribution in [-0.4, -0.2) is 4.98 Å². The second-order valence-electron chi connectivity index (χ2n) is 1.24. The average Bonchev–Trinajstić information content (AvgIpc) is 2.08. The highest BCUT2D eigenvalue weighted by Crippen LogP contribution is 2.04. The van der Waals surface area contributed by atoms with E-state index in [0.717, 1.165) is 0 Å². The standard InChI is InChI=1S/C6H3BrN2/c7-6-3-1-2-5(4-8)9-6/h1-3H/i1D,2D,3D. The zero-order valence-electron chi connectivity index (χ0n) is 7.27. The normalized spacial score (nSPS) is 13.1. The molecule has 9 heavy (non-hydrogen) atoms. The highest BCUT2D eigenvalue weighted by molar-refractivity contribution is 9.10. The van der Waals surface area contributed by atoms with E-state index >= 15 is 0 Å². The van der Waals surface area contributed by atoms with Crippen molar-refractivity contribution in [1.29, 1.82) is 5.26 Å². The quantitative estimate of drug-likeness (QED) is 0.578. The van der Waals surface area contributed by atoms with E-state index in [1.54, 1.807) is 6.07 Å². The second kappa shape index (κ2) is 2.60. The number of hydrogen-bond donors (Lipinski definition) is 0. The number of nitrogens with zero attached hydrogens (tertiary/aromatic N) is 2. The maximum absolute atomic E-state index is 8.46. The third kappa shape index (κ3) is 1.51. The summed E-state index contributed by atoms with van der Waals surface area (Å²) in [4.78, 5) is 3.61. The average molecular weight is 186 g/mol. The van der Waals surface area contributed by atoms with E-state index in [4.69, 9.17) is 9.37 Å². The largest absolute Gasteiger partial charge is 0.230 e. The molecule has 1 aromatic heterocycles. The Labute approximate surface area is 65.5 Å². The van der Waals surface area contributed by atoms with Crippen LogP contribution in [0.2, 0.25) is 0 Å². The Balaban J connectivity index is 3.52. The number of halogens is 1. The Morgan fingerprint density at radius 3 is 3.22 bits per heavy atom. The van der Waals surface area contributed by atoms with Gasteiger partial charge in [0.05, 0.1) is 4.11 Å². The van der Waals surface area contributed by atoms with Gasteiger partial charge in [0, 0.05) is 0 Å². The summed E-state index contributed by atoms with van der Waals surface area (Å²) in [5, 5.41) is 8.46. The first kappa shape index (κ1) is 3.33. The van der Waals surface area contributed by atoms with Crippen LogP contribution in [0.25, 0.3) is 0 Å². The molecule has 0 unspecified atom stereocenters. The first-order valence-electron chi connectivity index (χ1n) is 3.61. The van der Waals surface area contributed by atoms with E-state index in [2.05, 4.69) is 20.9 Å². The Hall–Kier alpha value is -0.880. The number of rotatable bonds is 0. The molecule has 0 radical (unpaired) electrons. The molecular weight excluding hydrogens is 180 g/mol. The van der Waals surface area contributed by atoms with Gasteiger partial charge in [0.2, 0.25) is 0 Å². The molecule has 0 saturated carbocycles. The van der Waals surface area contributed by atoms with Crippen LogP contribution in [0.1, 0.15) is 9.81 Å². The zero-order chi connectivity index (χ0) is 9.30. The zero-order valence-corrected chi connectivity index (χ0v) is 5.86. The highest BCUT2D eigenvalue weighted by Gasteiger charge is 1.89. The Morgan fingerprint density at radius 2 is 2.56 bits per heavy atom. The van der Waals surface area contributed by atoms with Crippen molar-refractivity contribution in [2.45, 2.75) is 0 Å². The van der Waals surface area contributed by atoms with Crippen molar-refractivity contribution >= 4 is 15.9 Å². The van der Waals surface area contributed by atoms with E-state index in [-0.39, 0.29) is 28.4 Å². The van der Waals surface area contributed by atoms with E-state index in [1.807, 2.05) is 0 Å². The third-order valence-corrected chi connectivity index (χ3v) is 1.04. The summed E-state index contributed by atoms with van der Waals surface area (Å²) in [6.07, 6.45) is 0. The molecular formula is C6H3BrN2. The smallest absolute Gasteiger partial charge is 0.141 e. The topological polar surface area (TPSA) is 36.7 Å². The van der Waals surface area contributed by atoms with Gasteiger partial charge in [0.15, 0.2) is 0 Å². The molecule has 0 amide bonds. The highest BCUT2D eigenvalue weighted by atomic mass is 79.9. The van der Waals surface area contributed by atoms with Crippen molar-refractivity contribution in [3.63, 3.8) is 0 Å². The lowest BCUT2D eigenvalue weighted by Gasteiger charge is -1.86. The fraction of sp³-hybridized carbons (Fsp3) is 0. The van der Waals surface area contributed by atoms with Gasteiger partial charge in [-0.25, -0.2) is 4.98 Å². The van der Waals surface area contributed by atoms with Crippen LogP contribution in [0, 0.1) is 11.3 Å². The van der Waals surface area contributed by atoms with Gasteiger partial charge in [0.1, 0.15) is 16.4 Å². The minimum Gasteiger partial charge on any atom is -0.230 e. The molecule has 0 atom stereocenters. The van der Waals surface area contributed by atoms with Gasteiger partial charge >= 0.3 is 0 Å². The summed E-state index contributed by atoms with van der Waals surface area (Å²) in [5.41, 5.74) is -0.136. The van der Waals surface area contributed by atoms with Gasteiger partial charge in [-0.2, -0.15) is 5.26 Å². The van der Waals surface area contributed by atoms with Crippen LogP contribution < -0.4 is 0 Å². The molecule has 0 aliphatic heterocycles. The van der Waals surface area contributed by atoms with Gasteiger partial charge in [-0.3, -0.25) is 0 Å². The van der Waals surface area contributed by atoms with E-state index < -0.39 is 0 Å². The van der Waals surface area contributed by atoms with E-state index in [9.17, 15) is 0 Å². The van der Waals surface area contributed by atoms with Crippen LogP contribution in [0.5, 0.6) is 0 Å². The molecule has 2 nitrogen and oxygen atoms in total. The van der Waals surface area contributed by atoms with Gasteiger partial charge in [-0.05, 0) is 28.0 Å². The van der Waals surface area contributed by atoms with Crippen LogP contribution >= 0.6 is 15.9 Å². The minimum atomic E-state index is -0.300. The van der Waals surface area contributed by atoms with Crippen molar-refractivity contribution in [3.05, 3.63) is 28.4 Å². The summed E-state index contributed by atoms with van der Waals surface area (Å²) < 4.78 is 21.8. The SMILES string of the molecule is [2H]c1c(Br)nc(C#N)c([2H])c1[2H]. The van der Waals surface area contributed by atoms with E-state index in [1.165, 1.54) is 0 Å². The summed E-state index contributed by atoms with van der Waals surface area (Å²) >= 11 is 2.92. The number of nitriles is 1. The Bertz CT molecular complexity index is 372. The van der Waals surface area contributed by atoms with E-state index in [0.29, 0.717) is 0 Å². The van der Waals surface area contributed by atoms with Crippen molar-refractivity contribution in [1.82, 2.24) is 4.98 Å². The van der Waals surface area contributed by atoms with Crippen molar-refractivity contribution in [3.8, 4) is 6.07 Å². The van der Waals surface area contributed by atoms with Gasteiger partial charge < -0.3 is 0 Å². The molecule has 0 bridgehead atoms. The molecule has 44 valence electrons. The van der Waals surface area contributed by atoms with Crippen LogP contribution in [-0.2, 0) is 0 Å². The number of hydrogen-bond acceptors (Lipinski definition) is 2. The van der Waals surface area contributed by atoms with Gasteiger partial charge in [0.25, 0.3) is 0 Å². The Kier molecular flexibility index (Phi) is 0.963. The molecule has 0 spiro atoms. The number of aromatic nitrogens is 1. The lowest BCUT2D eigenvalue weighted by molar-refractivity contribution is 1.22. The maximum atomic E-state index is 8.46. The second-order valence-corrected chi connectivity index (χ2v) is 1.99. The predicted molar refractivity (Wildman–Crippen MR) is 36.7 cm³/mol. The Morgan fingerprint density at radius 1 is 1.78 bits per heavy atom. The first-order valence-corrected chi connectivity index (χ1v) is 2.90. The fourth-order valence-electron chi connectivity index (χ4n) is 0.349. The molecule has 0 saturated heterocycles. The van der Waals surface area contributed by atoms with Crippen molar-refractivity contribution in [2.75, 3.05) is 0 Å². The molecule has 0 aromatic carbocycles. The third-order valence-electron chi connectivity index (χ3n) is 0.662. The fourth-order valence-corrected chi connectivity index (χ4v) is 0.625. The molecule has 3 heteroatoms. The molecule has 1 heterocycles. The number of pyridine rings is 1. The summed E-state index contributed by atoms with van der Waals surface area (Å²) in [5.74, 6) is 0. The van der Waals surface area contributed by atoms with Gasteiger partial charge in [-0.1, -0.05) is 6.04 Å². The summed E-state index contributed by atoms with van der Waals surface area (Å²) in [6.45, 7) is 0. The minimum absolute atomic E-state index is 0.125. The lowest BCUT2D eigenvalue weighted by atomic mass is 10.4. The molecule has 0 N–H and O–H groups in total. The first-order chi connectivity index (χ1) is 5.57. The molecule has 1 aromatic rings. The van der Waals surface area contributed by atoms with Gasteiger partial charge in [-0.15, -0.1) is 0 Å². The summed E-state index contributed by atoms with van der Waals surface area (Å²) in [6, 6.07) is 0.920. The van der Waals surface area contributed by atoms with Crippen LogP contribution in [0.15, 0.2) is 22.7 Å². The van der Waals surface area contributed by atoms with Crippen molar-refractivity contribution in [2.24, 2.45) is 0 Å². The monoisotopic (exact) mass is 185 g/mol. The van der Waals surface area contributed by atoms with Crippen LogP contribution in [0.4, 0.5) is 0 Å². The molecule has 0 aliphatic carbocycles. The maximum Gasteiger partial charge on any atom is 0.141 e. The lowest BCUT2D eigenvalue weighted by Crippen LogP contribution is -1.79. The summed E-state index contributed by atoms with van der Waals surface area (Å²) in [7, 11) is 0. The molecule has 0 aliphatic rings. The van der Waals surface area contributed by atoms with Crippen molar-refractivity contribution < 1.29 is 4.11 Å². The van der Waals surface area contributed by atoms with Crippen LogP contribution in [0.3, 0.4) is 0 Å². The predicted octanol–water partition coefficient (Wildman–Crippen LogP) is 1.72.